The molecular formula is C21H19F9N6O2. The van der Waals surface area contributed by atoms with E-state index in [1.807, 2.05) is 5.32 Å². The van der Waals surface area contributed by atoms with Crippen LogP contribution in [0.2, 0.25) is 0 Å². The van der Waals surface area contributed by atoms with E-state index in [-0.39, 0.29) is 24.6 Å². The van der Waals surface area contributed by atoms with Gasteiger partial charge in [0.1, 0.15) is 11.5 Å². The summed E-state index contributed by atoms with van der Waals surface area (Å²) >= 11 is 0. The Morgan fingerprint density at radius 1 is 0.947 bits per heavy atom. The number of alkyl halides is 9. The van der Waals surface area contributed by atoms with Gasteiger partial charge in [-0.2, -0.15) is 44.6 Å². The van der Waals surface area contributed by atoms with Crippen molar-refractivity contribution in [2.24, 2.45) is 5.92 Å². The molecule has 208 valence electrons. The molecule has 2 heterocycles. The Kier molecular flexibility index (Phi) is 8.26. The van der Waals surface area contributed by atoms with Crippen LogP contribution < -0.4 is 10.6 Å². The van der Waals surface area contributed by atoms with Crippen LogP contribution in [-0.2, 0) is 24.4 Å². The molecule has 1 aromatic carbocycles. The number of nitrogens with zero attached hydrogens (tertiary/aromatic N) is 3. The second-order valence-corrected chi connectivity index (χ2v) is 8.14. The lowest BCUT2D eigenvalue weighted by Gasteiger charge is -2.22. The van der Waals surface area contributed by atoms with Gasteiger partial charge in [0.2, 0.25) is 5.91 Å². The van der Waals surface area contributed by atoms with Crippen molar-refractivity contribution in [1.82, 2.24) is 30.4 Å². The summed E-state index contributed by atoms with van der Waals surface area (Å²) in [4.78, 5) is 31.1. The van der Waals surface area contributed by atoms with Crippen LogP contribution in [0.4, 0.5) is 39.5 Å². The van der Waals surface area contributed by atoms with E-state index in [0.29, 0.717) is 16.6 Å². The highest BCUT2D eigenvalue weighted by molar-refractivity contribution is 5.92. The number of aromatic amines is 1. The summed E-state index contributed by atoms with van der Waals surface area (Å²) in [5, 5.41) is 8.20. The molecule has 8 nitrogen and oxygen atoms in total. The van der Waals surface area contributed by atoms with Crippen LogP contribution in [0.25, 0.3) is 11.0 Å². The van der Waals surface area contributed by atoms with Gasteiger partial charge in [0.25, 0.3) is 5.91 Å². The minimum atomic E-state index is -5.63. The van der Waals surface area contributed by atoms with Crippen molar-refractivity contribution >= 4 is 22.8 Å². The summed E-state index contributed by atoms with van der Waals surface area (Å²) in [5.74, 6) is -5.68. The van der Waals surface area contributed by atoms with Gasteiger partial charge < -0.3 is 15.6 Å². The van der Waals surface area contributed by atoms with Gasteiger partial charge in [-0.1, -0.05) is 6.07 Å². The van der Waals surface area contributed by atoms with Crippen molar-refractivity contribution in [2.75, 3.05) is 0 Å². The number of H-pyrrole nitrogens is 1. The molecule has 0 unspecified atom stereocenters. The molecule has 0 aliphatic rings. The maximum Gasteiger partial charge on any atom is 0.400 e. The SMILES string of the molecule is O=C(CC(C(F)(F)F)C(F)(F)F)NCc1ccc2nc(CNC(=O)c3ccnn3CCC(F)(F)F)[nH]c2c1. The predicted molar refractivity (Wildman–Crippen MR) is 112 cm³/mol. The maximum atomic E-state index is 12.6. The second-order valence-electron chi connectivity index (χ2n) is 8.14. The van der Waals surface area contributed by atoms with E-state index >= 15 is 0 Å². The fraction of sp³-hybridized carbons (Fsp3) is 0.429. The molecule has 0 spiro atoms. The minimum Gasteiger partial charge on any atom is -0.352 e. The van der Waals surface area contributed by atoms with Crippen molar-refractivity contribution in [3.8, 4) is 0 Å². The van der Waals surface area contributed by atoms with E-state index < -0.39 is 55.6 Å². The van der Waals surface area contributed by atoms with Crippen LogP contribution >= 0.6 is 0 Å². The number of amides is 2. The summed E-state index contributed by atoms with van der Waals surface area (Å²) in [7, 11) is 0. The predicted octanol–water partition coefficient (Wildman–Crippen LogP) is 4.39. The van der Waals surface area contributed by atoms with Crippen molar-refractivity contribution in [1.29, 1.82) is 0 Å². The number of imidazole rings is 1. The molecule has 3 N–H and O–H groups in total. The molecule has 0 saturated heterocycles. The van der Waals surface area contributed by atoms with Crippen LogP contribution in [0.3, 0.4) is 0 Å². The first-order valence-electron chi connectivity index (χ1n) is 10.8. The minimum absolute atomic E-state index is 0.0957. The third kappa shape index (κ3) is 7.85. The van der Waals surface area contributed by atoms with E-state index in [2.05, 4.69) is 20.4 Å². The smallest absolute Gasteiger partial charge is 0.352 e. The molecule has 2 aromatic heterocycles. The zero-order valence-corrected chi connectivity index (χ0v) is 19.1. The lowest BCUT2D eigenvalue weighted by atomic mass is 10.0. The Hall–Kier alpha value is -3.79. The average molecular weight is 558 g/mol. The fourth-order valence-corrected chi connectivity index (χ4v) is 3.37. The molecule has 0 atom stereocenters. The summed E-state index contributed by atoms with van der Waals surface area (Å²) in [6.07, 6.45) is -17.5. The Morgan fingerprint density at radius 3 is 2.26 bits per heavy atom. The van der Waals surface area contributed by atoms with Crippen molar-refractivity contribution in [2.45, 2.75) is 51.0 Å². The number of benzene rings is 1. The van der Waals surface area contributed by atoms with Crippen molar-refractivity contribution < 1.29 is 49.1 Å². The van der Waals surface area contributed by atoms with Gasteiger partial charge in [0, 0.05) is 19.2 Å². The molecule has 0 saturated carbocycles. The number of aromatic nitrogens is 4. The van der Waals surface area contributed by atoms with Gasteiger partial charge >= 0.3 is 18.5 Å². The lowest BCUT2D eigenvalue weighted by molar-refractivity contribution is -0.284. The standard InChI is InChI=1S/C21H19F9N6O2/c22-19(23,24)4-6-36-14(3-5-33-36)18(38)32-10-16-34-12-2-1-11(7-13(12)35-16)9-31-17(37)8-15(20(25,26)27)21(28,29)30/h1-3,5,7,15H,4,6,8-10H2,(H,31,37)(H,32,38)(H,34,35). The monoisotopic (exact) mass is 558 g/mol. The van der Waals surface area contributed by atoms with E-state index in [9.17, 15) is 49.1 Å². The highest BCUT2D eigenvalue weighted by Crippen LogP contribution is 2.41. The quantitative estimate of drug-likeness (QED) is 0.339. The molecule has 17 heteroatoms. The van der Waals surface area contributed by atoms with Crippen LogP contribution in [0.5, 0.6) is 0 Å². The fourth-order valence-electron chi connectivity index (χ4n) is 3.37. The van der Waals surface area contributed by atoms with Crippen molar-refractivity contribution in [3.63, 3.8) is 0 Å². The summed E-state index contributed by atoms with van der Waals surface area (Å²) in [5.41, 5.74) is 1.03. The number of carbonyl (C=O) groups excluding carboxylic acids is 2. The molecular weight excluding hydrogens is 539 g/mol. The molecule has 0 fully saturated rings. The average Bonchev–Trinajstić information content (AvgIpc) is 3.42. The van der Waals surface area contributed by atoms with Crippen molar-refractivity contribution in [3.05, 3.63) is 47.5 Å². The number of hydrogen-bond acceptors (Lipinski definition) is 4. The van der Waals surface area contributed by atoms with Crippen LogP contribution in [0, 0.1) is 5.92 Å². The Balaban J connectivity index is 1.58. The molecule has 0 aliphatic carbocycles. The topological polar surface area (TPSA) is 105 Å². The first-order chi connectivity index (χ1) is 17.5. The molecule has 0 aliphatic heterocycles. The number of rotatable bonds is 9. The molecule has 3 aromatic rings. The molecule has 2 amide bonds. The van der Waals surface area contributed by atoms with Gasteiger partial charge in [-0.05, 0) is 23.8 Å². The number of halogens is 9. The first kappa shape index (κ1) is 28.8. The van der Waals surface area contributed by atoms with E-state index in [1.165, 1.54) is 30.5 Å². The zero-order chi connectivity index (χ0) is 28.3. The van der Waals surface area contributed by atoms with Gasteiger partial charge in [0.15, 0.2) is 5.92 Å². The summed E-state index contributed by atoms with van der Waals surface area (Å²) < 4.78 is 114. The van der Waals surface area contributed by atoms with Gasteiger partial charge in [-0.25, -0.2) is 4.98 Å². The third-order valence-electron chi connectivity index (χ3n) is 5.24. The molecule has 3 rings (SSSR count). The number of nitrogens with one attached hydrogen (secondary N) is 3. The van der Waals surface area contributed by atoms with Crippen LogP contribution in [0.1, 0.15) is 34.7 Å². The normalized spacial score (nSPS) is 12.8. The Labute approximate surface area is 207 Å². The molecule has 0 radical (unpaired) electrons. The lowest BCUT2D eigenvalue weighted by Crippen LogP contribution is -2.40. The number of hydrogen-bond donors (Lipinski definition) is 3. The van der Waals surface area contributed by atoms with E-state index in [4.69, 9.17) is 0 Å². The van der Waals surface area contributed by atoms with Gasteiger partial charge in [-0.3, -0.25) is 14.3 Å². The second kappa shape index (κ2) is 10.9. The number of carbonyl (C=O) groups is 2. The zero-order valence-electron chi connectivity index (χ0n) is 19.1. The first-order valence-corrected chi connectivity index (χ1v) is 10.8. The number of aryl methyl sites for hydroxylation is 1. The van der Waals surface area contributed by atoms with E-state index in [0.717, 1.165) is 4.68 Å². The van der Waals surface area contributed by atoms with Crippen LogP contribution in [0.15, 0.2) is 30.5 Å². The van der Waals surface area contributed by atoms with Gasteiger partial charge in [0.05, 0.1) is 30.5 Å². The highest BCUT2D eigenvalue weighted by Gasteiger charge is 2.57. The molecule has 38 heavy (non-hydrogen) atoms. The number of fused-ring (bicyclic) bond motifs is 1. The Bertz CT molecular complexity index is 1260. The summed E-state index contributed by atoms with van der Waals surface area (Å²) in [6, 6.07) is 5.61. The highest BCUT2D eigenvalue weighted by atomic mass is 19.4. The van der Waals surface area contributed by atoms with E-state index in [1.54, 1.807) is 0 Å². The van der Waals surface area contributed by atoms with Gasteiger partial charge in [-0.15, -0.1) is 0 Å². The Morgan fingerprint density at radius 2 is 1.63 bits per heavy atom. The summed E-state index contributed by atoms with van der Waals surface area (Å²) in [6.45, 7) is -1.05. The third-order valence-corrected chi connectivity index (χ3v) is 5.24. The van der Waals surface area contributed by atoms with Crippen LogP contribution in [-0.4, -0.2) is 50.1 Å². The maximum absolute atomic E-state index is 12.6. The largest absolute Gasteiger partial charge is 0.400 e. The molecule has 0 bridgehead atoms.